The van der Waals surface area contributed by atoms with Crippen LogP contribution in [0.25, 0.3) is 0 Å². The van der Waals surface area contributed by atoms with Crippen LogP contribution >= 0.6 is 0 Å². The molecule has 0 spiro atoms. The third-order valence-electron chi connectivity index (χ3n) is 4.05. The van der Waals surface area contributed by atoms with Gasteiger partial charge in [0.2, 0.25) is 0 Å². The maximum absolute atomic E-state index is 11.0. The van der Waals surface area contributed by atoms with Crippen molar-refractivity contribution < 1.29 is 9.90 Å². The third kappa shape index (κ3) is 2.74. The normalized spacial score (nSPS) is 33.8. The molecule has 0 aromatic carbocycles. The quantitative estimate of drug-likeness (QED) is 0.759. The molecule has 2 aliphatic rings. The van der Waals surface area contributed by atoms with Gasteiger partial charge >= 0.3 is 5.97 Å². The summed E-state index contributed by atoms with van der Waals surface area (Å²) in [7, 11) is 2.15. The van der Waals surface area contributed by atoms with Gasteiger partial charge in [0.05, 0.1) is 5.92 Å². The first-order valence-corrected chi connectivity index (χ1v) is 6.32. The number of hydrogen-bond acceptors (Lipinski definition) is 3. The number of hydrogen-bond donors (Lipinski definition) is 1. The number of piperazine rings is 1. The Bertz CT molecular complexity index is 249. The van der Waals surface area contributed by atoms with Crippen LogP contribution in [0.15, 0.2) is 0 Å². The molecule has 0 bridgehead atoms. The van der Waals surface area contributed by atoms with Crippen molar-refractivity contribution in [1.29, 1.82) is 0 Å². The van der Waals surface area contributed by atoms with Gasteiger partial charge in [-0.15, -0.1) is 0 Å². The molecule has 2 fully saturated rings. The number of rotatable bonds is 2. The molecule has 0 aromatic heterocycles. The Morgan fingerprint density at radius 3 is 2.50 bits per heavy atom. The van der Waals surface area contributed by atoms with Crippen molar-refractivity contribution in [3.8, 4) is 0 Å². The number of nitrogens with zero attached hydrogens (tertiary/aromatic N) is 2. The van der Waals surface area contributed by atoms with E-state index in [1.54, 1.807) is 0 Å². The lowest BCUT2D eigenvalue weighted by atomic mass is 9.85. The Morgan fingerprint density at radius 1 is 1.19 bits per heavy atom. The maximum atomic E-state index is 11.0. The van der Waals surface area contributed by atoms with Crippen molar-refractivity contribution in [2.24, 2.45) is 5.92 Å². The standard InChI is InChI=1S/C12H22N2O2/c1-13-5-7-14(8-6-13)11-4-2-3-10(9-11)12(15)16/h10-11H,2-9H2,1H3,(H,15,16)/t10?,11-/m1/s1. The van der Waals surface area contributed by atoms with Crippen LogP contribution in [0.3, 0.4) is 0 Å². The van der Waals surface area contributed by atoms with Crippen LogP contribution in [-0.4, -0.2) is 60.1 Å². The summed E-state index contributed by atoms with van der Waals surface area (Å²) in [5, 5.41) is 9.07. The van der Waals surface area contributed by atoms with Crippen LogP contribution < -0.4 is 0 Å². The zero-order chi connectivity index (χ0) is 11.5. The van der Waals surface area contributed by atoms with Gasteiger partial charge in [0.15, 0.2) is 0 Å². The minimum Gasteiger partial charge on any atom is -0.481 e. The van der Waals surface area contributed by atoms with Crippen LogP contribution in [0, 0.1) is 5.92 Å². The molecule has 1 aliphatic heterocycles. The van der Waals surface area contributed by atoms with Gasteiger partial charge in [0.1, 0.15) is 0 Å². The molecule has 0 radical (unpaired) electrons. The Labute approximate surface area is 97.2 Å². The second kappa shape index (κ2) is 5.15. The highest BCUT2D eigenvalue weighted by atomic mass is 16.4. The van der Waals surface area contributed by atoms with Crippen molar-refractivity contribution in [2.45, 2.75) is 31.7 Å². The molecule has 4 nitrogen and oxygen atoms in total. The monoisotopic (exact) mass is 226 g/mol. The van der Waals surface area contributed by atoms with Gasteiger partial charge in [-0.05, 0) is 26.3 Å². The molecular formula is C12H22N2O2. The zero-order valence-corrected chi connectivity index (χ0v) is 10.1. The summed E-state index contributed by atoms with van der Waals surface area (Å²) in [6, 6.07) is 0.517. The Hall–Kier alpha value is -0.610. The average molecular weight is 226 g/mol. The molecule has 1 N–H and O–H groups in total. The Morgan fingerprint density at radius 2 is 1.88 bits per heavy atom. The van der Waals surface area contributed by atoms with E-state index in [-0.39, 0.29) is 5.92 Å². The summed E-state index contributed by atoms with van der Waals surface area (Å²) in [4.78, 5) is 15.8. The van der Waals surface area contributed by atoms with E-state index < -0.39 is 5.97 Å². The molecule has 2 rings (SSSR count). The van der Waals surface area contributed by atoms with E-state index in [9.17, 15) is 4.79 Å². The number of aliphatic carboxylic acids is 1. The van der Waals surface area contributed by atoms with Gasteiger partial charge in [0.25, 0.3) is 0 Å². The van der Waals surface area contributed by atoms with E-state index in [0.29, 0.717) is 6.04 Å². The van der Waals surface area contributed by atoms with Crippen LogP contribution in [0.5, 0.6) is 0 Å². The first-order valence-electron chi connectivity index (χ1n) is 6.32. The van der Waals surface area contributed by atoms with Gasteiger partial charge < -0.3 is 10.0 Å². The fourth-order valence-electron chi connectivity index (χ4n) is 2.91. The molecule has 4 heteroatoms. The maximum Gasteiger partial charge on any atom is 0.306 e. The number of carbonyl (C=O) groups is 1. The molecule has 1 aliphatic carbocycles. The lowest BCUT2D eigenvalue weighted by molar-refractivity contribution is -0.143. The fourth-order valence-corrected chi connectivity index (χ4v) is 2.91. The van der Waals surface area contributed by atoms with Crippen LogP contribution in [-0.2, 0) is 4.79 Å². The minimum atomic E-state index is -0.598. The highest BCUT2D eigenvalue weighted by molar-refractivity contribution is 5.70. The molecule has 16 heavy (non-hydrogen) atoms. The van der Waals surface area contributed by atoms with Crippen molar-refractivity contribution >= 4 is 5.97 Å². The van der Waals surface area contributed by atoms with Crippen LogP contribution in [0.2, 0.25) is 0 Å². The summed E-state index contributed by atoms with van der Waals surface area (Å²) in [5.74, 6) is -0.697. The molecule has 0 aromatic rings. The van der Waals surface area contributed by atoms with E-state index in [4.69, 9.17) is 5.11 Å². The first-order chi connectivity index (χ1) is 7.66. The van der Waals surface area contributed by atoms with Gasteiger partial charge in [-0.3, -0.25) is 9.69 Å². The van der Waals surface area contributed by atoms with E-state index in [2.05, 4.69) is 16.8 Å². The highest BCUT2D eigenvalue weighted by Gasteiger charge is 2.31. The Balaban J connectivity index is 1.87. The van der Waals surface area contributed by atoms with Crippen molar-refractivity contribution in [2.75, 3.05) is 33.2 Å². The molecular weight excluding hydrogens is 204 g/mol. The number of likely N-dealkylation sites (N-methyl/N-ethyl adjacent to an activating group) is 1. The third-order valence-corrected chi connectivity index (χ3v) is 4.05. The topological polar surface area (TPSA) is 43.8 Å². The second-order valence-electron chi connectivity index (χ2n) is 5.19. The zero-order valence-electron chi connectivity index (χ0n) is 10.1. The van der Waals surface area contributed by atoms with Gasteiger partial charge in [-0.2, -0.15) is 0 Å². The average Bonchev–Trinajstić information content (AvgIpc) is 2.30. The number of carboxylic acids is 1. The lowest BCUT2D eigenvalue weighted by Gasteiger charge is -2.40. The molecule has 0 amide bonds. The SMILES string of the molecule is CN1CCN([C@@H]2CCCC(C(=O)O)C2)CC1. The van der Waals surface area contributed by atoms with Crippen LogP contribution in [0.1, 0.15) is 25.7 Å². The smallest absolute Gasteiger partial charge is 0.306 e. The molecule has 92 valence electrons. The van der Waals surface area contributed by atoms with Crippen molar-refractivity contribution in [3.05, 3.63) is 0 Å². The summed E-state index contributed by atoms with van der Waals surface area (Å²) < 4.78 is 0. The van der Waals surface area contributed by atoms with Gasteiger partial charge in [0, 0.05) is 32.2 Å². The van der Waals surface area contributed by atoms with E-state index in [1.807, 2.05) is 0 Å². The van der Waals surface area contributed by atoms with Gasteiger partial charge in [-0.1, -0.05) is 6.42 Å². The van der Waals surface area contributed by atoms with Gasteiger partial charge in [-0.25, -0.2) is 0 Å². The van der Waals surface area contributed by atoms with Crippen LogP contribution in [0.4, 0.5) is 0 Å². The molecule has 1 unspecified atom stereocenters. The van der Waals surface area contributed by atoms with E-state index in [1.165, 1.54) is 6.42 Å². The summed E-state index contributed by atoms with van der Waals surface area (Å²) in [6.45, 7) is 4.45. The second-order valence-corrected chi connectivity index (χ2v) is 5.19. The molecule has 1 heterocycles. The lowest BCUT2D eigenvalue weighted by Crippen LogP contribution is -2.50. The summed E-state index contributed by atoms with van der Waals surface area (Å²) in [5.41, 5.74) is 0. The van der Waals surface area contributed by atoms with E-state index in [0.717, 1.165) is 45.4 Å². The minimum absolute atomic E-state index is 0.0987. The fraction of sp³-hybridized carbons (Fsp3) is 0.917. The van der Waals surface area contributed by atoms with E-state index >= 15 is 0 Å². The summed E-state index contributed by atoms with van der Waals surface area (Å²) in [6.07, 6.45) is 4.00. The first kappa shape index (κ1) is 11.9. The number of carboxylic acid groups (broad SMARTS) is 1. The van der Waals surface area contributed by atoms with Crippen molar-refractivity contribution in [3.63, 3.8) is 0 Å². The predicted molar refractivity (Wildman–Crippen MR) is 62.5 cm³/mol. The Kier molecular flexibility index (Phi) is 3.82. The molecule has 2 atom stereocenters. The summed E-state index contributed by atoms with van der Waals surface area (Å²) >= 11 is 0. The van der Waals surface area contributed by atoms with Crippen molar-refractivity contribution in [1.82, 2.24) is 9.80 Å². The predicted octanol–water partition coefficient (Wildman–Crippen LogP) is 0.877. The highest BCUT2D eigenvalue weighted by Crippen LogP contribution is 2.28. The largest absolute Gasteiger partial charge is 0.481 e. The molecule has 1 saturated carbocycles. The molecule has 1 saturated heterocycles.